The minimum atomic E-state index is -3.64. The molecule has 2 heterocycles. The number of nitrogens with one attached hydrogen (secondary N) is 3. The monoisotopic (exact) mass is 373 g/mol. The Bertz CT molecular complexity index is 939. The third-order valence-corrected chi connectivity index (χ3v) is 6.65. The van der Waals surface area contributed by atoms with Crippen molar-refractivity contribution >= 4 is 54.0 Å². The molecule has 0 saturated carbocycles. The number of sulfonamides is 1. The van der Waals surface area contributed by atoms with Crippen LogP contribution in [0.1, 0.15) is 0 Å². The van der Waals surface area contributed by atoms with E-state index in [9.17, 15) is 13.2 Å². The Labute approximate surface area is 126 Å². The Balaban J connectivity index is 2.00. The maximum absolute atomic E-state index is 12.2. The number of H-pyrrole nitrogens is 2. The predicted octanol–water partition coefficient (Wildman–Crippen LogP) is 2.48. The van der Waals surface area contributed by atoms with Crippen LogP contribution in [0.25, 0.3) is 11.0 Å². The van der Waals surface area contributed by atoms with Gasteiger partial charge in [0.2, 0.25) is 0 Å². The molecule has 0 bridgehead atoms. The predicted molar refractivity (Wildman–Crippen MR) is 81.7 cm³/mol. The maximum Gasteiger partial charge on any atom is 0.323 e. The summed E-state index contributed by atoms with van der Waals surface area (Å²) in [5.41, 5.74) is 1.21. The lowest BCUT2D eigenvalue weighted by molar-refractivity contribution is 0.603. The van der Waals surface area contributed by atoms with Gasteiger partial charge in [-0.05, 0) is 45.6 Å². The van der Waals surface area contributed by atoms with Gasteiger partial charge in [-0.25, -0.2) is 13.2 Å². The molecule has 6 nitrogen and oxygen atoms in total. The van der Waals surface area contributed by atoms with Crippen LogP contribution in [-0.2, 0) is 10.0 Å². The van der Waals surface area contributed by atoms with Crippen LogP contribution >= 0.6 is 27.3 Å². The van der Waals surface area contributed by atoms with Crippen molar-refractivity contribution < 1.29 is 8.42 Å². The lowest BCUT2D eigenvalue weighted by atomic mass is 10.3. The highest BCUT2D eigenvalue weighted by Crippen LogP contribution is 2.29. The van der Waals surface area contributed by atoms with Crippen LogP contribution < -0.4 is 10.4 Å². The SMILES string of the molecule is O=c1[nH]c2ccc(NS(=O)(=O)c3sccc3Br)cc2[nH]1. The van der Waals surface area contributed by atoms with Crippen molar-refractivity contribution in [3.8, 4) is 0 Å². The number of aromatic amines is 2. The molecular weight excluding hydrogens is 366 g/mol. The number of anilines is 1. The summed E-state index contributed by atoms with van der Waals surface area (Å²) in [4.78, 5) is 16.3. The molecule has 0 spiro atoms. The normalized spacial score (nSPS) is 11.8. The minimum absolute atomic E-state index is 0.208. The lowest BCUT2D eigenvalue weighted by Gasteiger charge is -2.06. The summed E-state index contributed by atoms with van der Waals surface area (Å²) in [6.07, 6.45) is 0. The van der Waals surface area contributed by atoms with E-state index in [1.165, 1.54) is 0 Å². The zero-order chi connectivity index (χ0) is 14.3. The van der Waals surface area contributed by atoms with Crippen LogP contribution in [0.2, 0.25) is 0 Å². The second-order valence-electron chi connectivity index (χ2n) is 4.00. The van der Waals surface area contributed by atoms with E-state index in [4.69, 9.17) is 0 Å². The molecule has 0 unspecified atom stereocenters. The van der Waals surface area contributed by atoms with Gasteiger partial charge < -0.3 is 9.97 Å². The van der Waals surface area contributed by atoms with Crippen LogP contribution in [0.4, 0.5) is 5.69 Å². The van der Waals surface area contributed by atoms with E-state index in [1.54, 1.807) is 29.6 Å². The van der Waals surface area contributed by atoms with Crippen molar-refractivity contribution in [2.75, 3.05) is 4.72 Å². The number of thiophene rings is 1. The summed E-state index contributed by atoms with van der Waals surface area (Å²) in [5, 5.41) is 1.69. The molecule has 2 aromatic heterocycles. The van der Waals surface area contributed by atoms with Gasteiger partial charge in [0, 0.05) is 4.47 Å². The molecule has 20 heavy (non-hydrogen) atoms. The Morgan fingerprint density at radius 1 is 1.15 bits per heavy atom. The van der Waals surface area contributed by atoms with Gasteiger partial charge in [0.25, 0.3) is 10.0 Å². The fourth-order valence-electron chi connectivity index (χ4n) is 1.77. The van der Waals surface area contributed by atoms with Crippen LogP contribution in [0.5, 0.6) is 0 Å². The second-order valence-corrected chi connectivity index (χ2v) is 7.65. The number of benzene rings is 1. The largest absolute Gasteiger partial charge is 0.323 e. The Morgan fingerprint density at radius 2 is 1.90 bits per heavy atom. The second kappa shape index (κ2) is 4.76. The summed E-state index contributed by atoms with van der Waals surface area (Å²) in [6.45, 7) is 0. The van der Waals surface area contributed by atoms with E-state index < -0.39 is 10.0 Å². The Morgan fingerprint density at radius 3 is 2.60 bits per heavy atom. The number of fused-ring (bicyclic) bond motifs is 1. The molecule has 9 heteroatoms. The van der Waals surface area contributed by atoms with E-state index in [0.29, 0.717) is 21.2 Å². The van der Waals surface area contributed by atoms with Gasteiger partial charge in [0.1, 0.15) is 0 Å². The first-order valence-electron chi connectivity index (χ1n) is 5.43. The first kappa shape index (κ1) is 13.4. The number of halogens is 1. The van der Waals surface area contributed by atoms with E-state index in [1.807, 2.05) is 0 Å². The topological polar surface area (TPSA) is 94.8 Å². The lowest BCUT2D eigenvalue weighted by Crippen LogP contribution is -2.11. The first-order valence-corrected chi connectivity index (χ1v) is 8.59. The molecule has 0 atom stereocenters. The van der Waals surface area contributed by atoms with Gasteiger partial charge in [-0.15, -0.1) is 11.3 Å². The fraction of sp³-hybridized carbons (Fsp3) is 0. The number of hydrogen-bond donors (Lipinski definition) is 3. The molecule has 3 rings (SSSR count). The van der Waals surface area contributed by atoms with Gasteiger partial charge >= 0.3 is 5.69 Å². The molecule has 0 saturated heterocycles. The van der Waals surface area contributed by atoms with Crippen molar-refractivity contribution in [3.05, 3.63) is 44.6 Å². The Kier molecular flexibility index (Phi) is 3.19. The quantitative estimate of drug-likeness (QED) is 0.657. The molecular formula is C11H8BrN3O3S2. The van der Waals surface area contributed by atoms with E-state index in [0.717, 1.165) is 11.3 Å². The molecule has 0 fully saturated rings. The maximum atomic E-state index is 12.2. The third kappa shape index (κ3) is 2.39. The van der Waals surface area contributed by atoms with Crippen LogP contribution in [0.3, 0.4) is 0 Å². The van der Waals surface area contributed by atoms with Gasteiger partial charge in [-0.3, -0.25) is 4.72 Å². The van der Waals surface area contributed by atoms with Gasteiger partial charge in [0.15, 0.2) is 4.21 Å². The van der Waals surface area contributed by atoms with E-state index in [2.05, 4.69) is 30.6 Å². The fourth-order valence-corrected chi connectivity index (χ4v) is 5.16. The number of hydrogen-bond acceptors (Lipinski definition) is 4. The number of rotatable bonds is 3. The molecule has 0 amide bonds. The van der Waals surface area contributed by atoms with E-state index >= 15 is 0 Å². The summed E-state index contributed by atoms with van der Waals surface area (Å²) >= 11 is 4.32. The summed E-state index contributed by atoms with van der Waals surface area (Å²) in [7, 11) is -3.64. The average molecular weight is 374 g/mol. The van der Waals surface area contributed by atoms with Crippen molar-refractivity contribution in [1.29, 1.82) is 0 Å². The smallest absolute Gasteiger partial charge is 0.306 e. The molecule has 0 aliphatic rings. The molecule has 0 aliphatic heterocycles. The molecule has 0 radical (unpaired) electrons. The molecule has 1 aromatic carbocycles. The van der Waals surface area contributed by atoms with E-state index in [-0.39, 0.29) is 9.90 Å². The summed E-state index contributed by atoms with van der Waals surface area (Å²) in [5.74, 6) is 0. The molecule has 3 aromatic rings. The van der Waals surface area contributed by atoms with Crippen molar-refractivity contribution in [2.24, 2.45) is 0 Å². The number of aromatic nitrogens is 2. The van der Waals surface area contributed by atoms with Gasteiger partial charge in [0.05, 0.1) is 16.7 Å². The Hall–Kier alpha value is -1.58. The van der Waals surface area contributed by atoms with Gasteiger partial charge in [-0.2, -0.15) is 0 Å². The molecule has 0 aliphatic carbocycles. The summed E-state index contributed by atoms with van der Waals surface area (Å²) < 4.78 is 27.6. The zero-order valence-electron chi connectivity index (χ0n) is 9.81. The zero-order valence-corrected chi connectivity index (χ0v) is 13.0. The average Bonchev–Trinajstić information content (AvgIpc) is 2.93. The highest BCUT2D eigenvalue weighted by atomic mass is 79.9. The van der Waals surface area contributed by atoms with Gasteiger partial charge in [-0.1, -0.05) is 0 Å². The van der Waals surface area contributed by atoms with Crippen molar-refractivity contribution in [1.82, 2.24) is 9.97 Å². The van der Waals surface area contributed by atoms with Crippen LogP contribution in [-0.4, -0.2) is 18.4 Å². The molecule has 104 valence electrons. The number of imidazole rings is 1. The minimum Gasteiger partial charge on any atom is -0.306 e. The first-order chi connectivity index (χ1) is 9.45. The van der Waals surface area contributed by atoms with Crippen molar-refractivity contribution in [3.63, 3.8) is 0 Å². The third-order valence-electron chi connectivity index (χ3n) is 2.60. The molecule has 3 N–H and O–H groups in total. The van der Waals surface area contributed by atoms with Crippen molar-refractivity contribution in [2.45, 2.75) is 4.21 Å². The standard InChI is InChI=1S/C11H8BrN3O3S2/c12-7-3-4-19-10(7)20(17,18)15-6-1-2-8-9(5-6)14-11(16)13-8/h1-5,15H,(H2,13,14,16). The highest BCUT2D eigenvalue weighted by molar-refractivity contribution is 9.10. The van der Waals surface area contributed by atoms with Crippen LogP contribution in [0, 0.1) is 0 Å². The summed E-state index contributed by atoms with van der Waals surface area (Å²) in [6, 6.07) is 6.46. The highest BCUT2D eigenvalue weighted by Gasteiger charge is 2.19. The van der Waals surface area contributed by atoms with Crippen LogP contribution in [0.15, 0.2) is 43.1 Å².